The largest absolute Gasteiger partial charge is 0.483 e. The molecule has 6 rings (SSSR count). The van der Waals surface area contributed by atoms with Gasteiger partial charge in [-0.05, 0) is 36.1 Å². The van der Waals surface area contributed by atoms with Crippen LogP contribution in [0.15, 0.2) is 83.8 Å². The molecule has 0 spiro atoms. The van der Waals surface area contributed by atoms with Gasteiger partial charge in [-0.2, -0.15) is 0 Å². The van der Waals surface area contributed by atoms with Crippen LogP contribution in [0.3, 0.4) is 0 Å². The molecule has 1 N–H and O–H groups in total. The SMILES string of the molecule is O=C(NCc1ccc(F)cc1F)c1cn2c(c(OCc3ccccc3)c1=O)C(=O)N1C(=O)C2CCc2ccccc21. The zero-order valence-corrected chi connectivity index (χ0v) is 21.6. The summed E-state index contributed by atoms with van der Waals surface area (Å²) >= 11 is 0. The molecule has 4 aromatic rings. The quantitative estimate of drug-likeness (QED) is 0.358. The number of imide groups is 1. The number of carbonyl (C=O) groups is 3. The van der Waals surface area contributed by atoms with Crippen molar-refractivity contribution in [1.82, 2.24) is 9.88 Å². The molecule has 1 atom stereocenters. The number of anilines is 1. The standard InChI is InChI=1S/C31H23F2N3O5/c32-21-12-10-20(23(33)14-21)15-34-29(38)22-16-35-25-13-11-19-8-4-5-9-24(19)36(30(25)39)31(40)26(35)28(27(22)37)41-17-18-6-2-1-3-7-18/h1-10,12,14,16,25H,11,13,15,17H2,(H,34,38). The van der Waals surface area contributed by atoms with E-state index in [0.717, 1.165) is 22.1 Å². The van der Waals surface area contributed by atoms with Crippen molar-refractivity contribution in [3.63, 3.8) is 0 Å². The minimum Gasteiger partial charge on any atom is -0.483 e. The first-order chi connectivity index (χ1) is 19.8. The minimum absolute atomic E-state index is 0.0147. The highest BCUT2D eigenvalue weighted by molar-refractivity contribution is 6.25. The average molecular weight is 556 g/mol. The van der Waals surface area contributed by atoms with Gasteiger partial charge in [0.1, 0.15) is 29.8 Å². The van der Waals surface area contributed by atoms with Gasteiger partial charge in [-0.15, -0.1) is 0 Å². The predicted molar refractivity (Wildman–Crippen MR) is 145 cm³/mol. The highest BCUT2D eigenvalue weighted by Gasteiger charge is 2.44. The lowest BCUT2D eigenvalue weighted by molar-refractivity contribution is -0.121. The van der Waals surface area contributed by atoms with E-state index in [9.17, 15) is 28.0 Å². The number of amides is 3. The molecule has 3 aromatic carbocycles. The molecule has 0 radical (unpaired) electrons. The summed E-state index contributed by atoms with van der Waals surface area (Å²) in [5.74, 6) is -4.06. The van der Waals surface area contributed by atoms with Crippen LogP contribution in [0.5, 0.6) is 5.75 Å². The van der Waals surface area contributed by atoms with E-state index in [1.54, 1.807) is 36.4 Å². The van der Waals surface area contributed by atoms with E-state index in [0.29, 0.717) is 24.6 Å². The summed E-state index contributed by atoms with van der Waals surface area (Å²) in [6.45, 7) is -0.395. The Labute approximate surface area is 232 Å². The number of hydrogen-bond donors (Lipinski definition) is 1. The van der Waals surface area contributed by atoms with Gasteiger partial charge in [0.25, 0.3) is 17.7 Å². The number of halogens is 2. The monoisotopic (exact) mass is 555 g/mol. The molecule has 0 fully saturated rings. The Balaban J connectivity index is 1.44. The third kappa shape index (κ3) is 4.67. The van der Waals surface area contributed by atoms with Crippen molar-refractivity contribution in [1.29, 1.82) is 0 Å². The van der Waals surface area contributed by atoms with Gasteiger partial charge in [0, 0.05) is 24.4 Å². The first-order valence-electron chi connectivity index (χ1n) is 13.0. The van der Waals surface area contributed by atoms with Gasteiger partial charge in [0.05, 0.1) is 5.69 Å². The molecule has 8 nitrogen and oxygen atoms in total. The van der Waals surface area contributed by atoms with Gasteiger partial charge in [-0.3, -0.25) is 19.2 Å². The lowest BCUT2D eigenvalue weighted by Gasteiger charge is -2.33. The maximum atomic E-state index is 14.2. The Morgan fingerprint density at radius 2 is 1.73 bits per heavy atom. The second kappa shape index (κ2) is 10.5. The number of rotatable bonds is 6. The van der Waals surface area contributed by atoms with Crippen molar-refractivity contribution in [3.05, 3.63) is 129 Å². The molecule has 206 valence electrons. The summed E-state index contributed by atoms with van der Waals surface area (Å²) in [6.07, 6.45) is 1.99. The summed E-state index contributed by atoms with van der Waals surface area (Å²) in [6, 6.07) is 18.1. The van der Waals surface area contributed by atoms with Crippen LogP contribution < -0.4 is 20.4 Å². The third-order valence-electron chi connectivity index (χ3n) is 7.28. The normalized spacial score (nSPS) is 15.6. The minimum atomic E-state index is -0.879. The Hall–Kier alpha value is -5.12. The summed E-state index contributed by atoms with van der Waals surface area (Å²) in [4.78, 5) is 55.5. The lowest BCUT2D eigenvalue weighted by Crippen LogP contribution is -2.49. The van der Waals surface area contributed by atoms with Crippen molar-refractivity contribution in [3.8, 4) is 5.75 Å². The molecule has 1 unspecified atom stereocenters. The summed E-state index contributed by atoms with van der Waals surface area (Å²) in [5.41, 5.74) is 0.622. The fourth-order valence-corrected chi connectivity index (χ4v) is 5.22. The Kier molecular flexibility index (Phi) is 6.66. The molecule has 10 heteroatoms. The summed E-state index contributed by atoms with van der Waals surface area (Å²) in [7, 11) is 0. The summed E-state index contributed by atoms with van der Waals surface area (Å²) < 4.78 is 34.7. The van der Waals surface area contributed by atoms with Crippen molar-refractivity contribution in [2.75, 3.05) is 4.90 Å². The number of carbonyl (C=O) groups excluding carboxylic acids is 3. The number of aromatic nitrogens is 1. The highest BCUT2D eigenvalue weighted by atomic mass is 19.1. The van der Waals surface area contributed by atoms with Crippen LogP contribution in [0.4, 0.5) is 14.5 Å². The van der Waals surface area contributed by atoms with Gasteiger partial charge in [-0.1, -0.05) is 54.6 Å². The van der Waals surface area contributed by atoms with Crippen molar-refractivity contribution in [2.45, 2.75) is 32.0 Å². The average Bonchev–Trinajstić information content (AvgIpc) is 3.08. The molecule has 3 heterocycles. The molecular weight excluding hydrogens is 532 g/mol. The Bertz CT molecular complexity index is 1770. The van der Waals surface area contributed by atoms with E-state index >= 15 is 0 Å². The Morgan fingerprint density at radius 1 is 0.976 bits per heavy atom. The number of aryl methyl sites for hydroxylation is 1. The number of hydrogen-bond acceptors (Lipinski definition) is 5. The molecule has 3 amide bonds. The molecule has 0 saturated heterocycles. The topological polar surface area (TPSA) is 97.7 Å². The van der Waals surface area contributed by atoms with Crippen molar-refractivity contribution < 1.29 is 27.9 Å². The number of nitrogens with zero attached hydrogens (tertiary/aromatic N) is 2. The van der Waals surface area contributed by atoms with Gasteiger partial charge in [0.2, 0.25) is 5.43 Å². The molecule has 2 bridgehead atoms. The highest BCUT2D eigenvalue weighted by Crippen LogP contribution is 2.38. The molecular formula is C31H23F2N3O5. The smallest absolute Gasteiger partial charge is 0.285 e. The molecule has 0 saturated carbocycles. The van der Waals surface area contributed by atoms with Crippen LogP contribution in [0.1, 0.15) is 50.0 Å². The number of para-hydroxylation sites is 1. The maximum absolute atomic E-state index is 14.2. The lowest BCUT2D eigenvalue weighted by atomic mass is 10.0. The number of pyridine rings is 1. The van der Waals surface area contributed by atoms with Crippen LogP contribution in [0.25, 0.3) is 0 Å². The van der Waals surface area contributed by atoms with Crippen molar-refractivity contribution >= 4 is 23.4 Å². The molecule has 2 aliphatic heterocycles. The predicted octanol–water partition coefficient (Wildman–Crippen LogP) is 4.31. The van der Waals surface area contributed by atoms with E-state index in [4.69, 9.17) is 4.74 Å². The van der Waals surface area contributed by atoms with Gasteiger partial charge >= 0.3 is 0 Å². The number of fused-ring (bicyclic) bond motifs is 6. The van der Waals surface area contributed by atoms with Gasteiger partial charge in [0.15, 0.2) is 11.4 Å². The molecule has 41 heavy (non-hydrogen) atoms. The molecule has 0 aliphatic carbocycles. The van der Waals surface area contributed by atoms with E-state index in [1.807, 2.05) is 18.2 Å². The van der Waals surface area contributed by atoms with Crippen LogP contribution in [-0.4, -0.2) is 22.3 Å². The Morgan fingerprint density at radius 3 is 2.51 bits per heavy atom. The molecule has 1 aromatic heterocycles. The summed E-state index contributed by atoms with van der Waals surface area (Å²) in [5, 5.41) is 2.48. The first-order valence-corrected chi connectivity index (χ1v) is 13.0. The maximum Gasteiger partial charge on any atom is 0.285 e. The van der Waals surface area contributed by atoms with Crippen LogP contribution >= 0.6 is 0 Å². The zero-order valence-electron chi connectivity index (χ0n) is 21.6. The first kappa shape index (κ1) is 26.1. The van der Waals surface area contributed by atoms with E-state index in [2.05, 4.69) is 5.32 Å². The third-order valence-corrected chi connectivity index (χ3v) is 7.28. The number of benzene rings is 3. The van der Waals surface area contributed by atoms with Gasteiger partial charge < -0.3 is 14.6 Å². The fraction of sp³-hybridized carbons (Fsp3) is 0.161. The second-order valence-electron chi connectivity index (χ2n) is 9.81. The zero-order chi connectivity index (χ0) is 28.7. The van der Waals surface area contributed by atoms with Crippen LogP contribution in [0, 0.1) is 11.6 Å². The number of nitrogens with one attached hydrogen (secondary N) is 1. The second-order valence-corrected chi connectivity index (χ2v) is 9.81. The van der Waals surface area contributed by atoms with E-state index in [1.165, 1.54) is 16.8 Å². The molecule has 2 aliphatic rings. The van der Waals surface area contributed by atoms with E-state index < -0.39 is 40.8 Å². The van der Waals surface area contributed by atoms with Crippen LogP contribution in [0.2, 0.25) is 0 Å². The van der Waals surface area contributed by atoms with E-state index in [-0.39, 0.29) is 35.7 Å². The van der Waals surface area contributed by atoms with Gasteiger partial charge in [-0.25, -0.2) is 13.7 Å². The fourth-order valence-electron chi connectivity index (χ4n) is 5.22. The van der Waals surface area contributed by atoms with Crippen molar-refractivity contribution in [2.24, 2.45) is 0 Å². The number of ether oxygens (including phenoxy) is 1. The van der Waals surface area contributed by atoms with Crippen LogP contribution in [-0.2, 0) is 24.4 Å².